The highest BCUT2D eigenvalue weighted by Gasteiger charge is 2.18. The number of methoxy groups -OCH3 is 1. The second kappa shape index (κ2) is 10.3. The predicted molar refractivity (Wildman–Crippen MR) is 134 cm³/mol. The smallest absolute Gasteiger partial charge is 0.234 e. The van der Waals surface area contributed by atoms with E-state index in [0.29, 0.717) is 32.5 Å². The van der Waals surface area contributed by atoms with Gasteiger partial charge in [0.15, 0.2) is 11.0 Å². The number of hydrogen-bond acceptors (Lipinski definition) is 5. The molecule has 0 spiro atoms. The van der Waals surface area contributed by atoms with Crippen LogP contribution in [-0.4, -0.2) is 33.5 Å². The average Bonchev–Trinajstić information content (AvgIpc) is 3.25. The Morgan fingerprint density at radius 3 is 2.48 bits per heavy atom. The lowest BCUT2D eigenvalue weighted by Gasteiger charge is -2.13. The maximum Gasteiger partial charge on any atom is 0.234 e. The van der Waals surface area contributed by atoms with Crippen molar-refractivity contribution in [2.75, 3.05) is 18.2 Å². The first-order valence-electron chi connectivity index (χ1n) is 10.00. The highest BCUT2D eigenvalue weighted by Crippen LogP contribution is 2.32. The van der Waals surface area contributed by atoms with E-state index in [0.717, 1.165) is 16.8 Å². The van der Waals surface area contributed by atoms with Gasteiger partial charge < -0.3 is 10.1 Å². The van der Waals surface area contributed by atoms with Crippen LogP contribution in [0.15, 0.2) is 71.9 Å². The minimum absolute atomic E-state index is 0.135. The Labute approximate surface area is 205 Å². The molecule has 9 heteroatoms. The number of anilines is 1. The van der Waals surface area contributed by atoms with Crippen LogP contribution in [0.2, 0.25) is 10.0 Å². The van der Waals surface area contributed by atoms with E-state index in [9.17, 15) is 4.79 Å². The zero-order valence-corrected chi connectivity index (χ0v) is 20.2. The van der Waals surface area contributed by atoms with Gasteiger partial charge in [-0.2, -0.15) is 0 Å². The van der Waals surface area contributed by atoms with Gasteiger partial charge in [-0.25, -0.2) is 0 Å². The van der Waals surface area contributed by atoms with Gasteiger partial charge in [-0.15, -0.1) is 10.2 Å². The van der Waals surface area contributed by atoms with Crippen molar-refractivity contribution in [3.63, 3.8) is 0 Å². The van der Waals surface area contributed by atoms with Crippen LogP contribution in [0.5, 0.6) is 5.75 Å². The zero-order valence-electron chi connectivity index (χ0n) is 17.9. The first-order valence-corrected chi connectivity index (χ1v) is 11.7. The van der Waals surface area contributed by atoms with Gasteiger partial charge in [0.25, 0.3) is 0 Å². The van der Waals surface area contributed by atoms with Gasteiger partial charge in [0.1, 0.15) is 5.75 Å². The summed E-state index contributed by atoms with van der Waals surface area (Å²) in [7, 11) is 1.53. The lowest BCUT2D eigenvalue weighted by atomic mass is 10.2. The third-order valence-electron chi connectivity index (χ3n) is 4.84. The van der Waals surface area contributed by atoms with Crippen molar-refractivity contribution in [2.24, 2.45) is 0 Å². The molecule has 0 unspecified atom stereocenters. The van der Waals surface area contributed by atoms with Crippen molar-refractivity contribution in [3.05, 3.63) is 82.3 Å². The van der Waals surface area contributed by atoms with Gasteiger partial charge in [-0.1, -0.05) is 53.2 Å². The average molecular weight is 499 g/mol. The summed E-state index contributed by atoms with van der Waals surface area (Å²) < 4.78 is 7.27. The number of rotatable bonds is 7. The summed E-state index contributed by atoms with van der Waals surface area (Å²) in [5, 5.41) is 13.4. The summed E-state index contributed by atoms with van der Waals surface area (Å²) in [5.41, 5.74) is 3.17. The maximum absolute atomic E-state index is 12.7. The predicted octanol–water partition coefficient (Wildman–Crippen LogP) is 6.29. The maximum atomic E-state index is 12.7. The van der Waals surface area contributed by atoms with E-state index in [1.807, 2.05) is 66.1 Å². The van der Waals surface area contributed by atoms with E-state index < -0.39 is 0 Å². The van der Waals surface area contributed by atoms with E-state index in [4.69, 9.17) is 27.9 Å². The molecule has 0 aliphatic rings. The summed E-state index contributed by atoms with van der Waals surface area (Å²) in [5.74, 6) is 1.10. The minimum atomic E-state index is -0.198. The number of benzene rings is 3. The summed E-state index contributed by atoms with van der Waals surface area (Å²) >= 11 is 13.5. The molecule has 0 aliphatic heterocycles. The van der Waals surface area contributed by atoms with Crippen LogP contribution in [0.1, 0.15) is 5.56 Å². The summed E-state index contributed by atoms with van der Waals surface area (Å²) in [4.78, 5) is 12.7. The van der Waals surface area contributed by atoms with Crippen LogP contribution in [0.4, 0.5) is 5.69 Å². The highest BCUT2D eigenvalue weighted by molar-refractivity contribution is 7.99. The van der Waals surface area contributed by atoms with Gasteiger partial charge in [0.05, 0.1) is 18.6 Å². The van der Waals surface area contributed by atoms with E-state index in [1.54, 1.807) is 12.1 Å². The Hall–Kier alpha value is -3.00. The molecule has 168 valence electrons. The van der Waals surface area contributed by atoms with Crippen LogP contribution >= 0.6 is 35.0 Å². The zero-order chi connectivity index (χ0) is 23.4. The Bertz CT molecular complexity index is 1280. The number of aryl methyl sites for hydroxylation is 1. The molecule has 33 heavy (non-hydrogen) atoms. The SMILES string of the molecule is COc1cc(Cl)c(C)cc1NC(=O)CSc1nnc(-c2ccc(Cl)cc2)n1-c1ccccc1. The first-order chi connectivity index (χ1) is 16.0. The summed E-state index contributed by atoms with van der Waals surface area (Å²) in [6, 6.07) is 20.6. The van der Waals surface area contributed by atoms with Crippen LogP contribution in [0.3, 0.4) is 0 Å². The largest absolute Gasteiger partial charge is 0.495 e. The van der Waals surface area contributed by atoms with E-state index in [2.05, 4.69) is 15.5 Å². The van der Waals surface area contributed by atoms with Crippen LogP contribution in [0, 0.1) is 6.92 Å². The van der Waals surface area contributed by atoms with Crippen molar-refractivity contribution in [2.45, 2.75) is 12.1 Å². The number of amides is 1. The molecule has 1 N–H and O–H groups in total. The number of thioether (sulfide) groups is 1. The van der Waals surface area contributed by atoms with Gasteiger partial charge in [0.2, 0.25) is 5.91 Å². The monoisotopic (exact) mass is 498 g/mol. The Kier molecular flexibility index (Phi) is 7.23. The lowest BCUT2D eigenvalue weighted by molar-refractivity contribution is -0.113. The molecule has 3 aromatic carbocycles. The van der Waals surface area contributed by atoms with Gasteiger partial charge in [-0.05, 0) is 55.0 Å². The lowest BCUT2D eigenvalue weighted by Crippen LogP contribution is -2.15. The van der Waals surface area contributed by atoms with Gasteiger partial charge in [-0.3, -0.25) is 9.36 Å². The van der Waals surface area contributed by atoms with Crippen molar-refractivity contribution < 1.29 is 9.53 Å². The molecule has 0 fully saturated rings. The fourth-order valence-corrected chi connectivity index (χ4v) is 4.24. The third kappa shape index (κ3) is 5.33. The second-order valence-electron chi connectivity index (χ2n) is 7.12. The summed E-state index contributed by atoms with van der Waals surface area (Å²) in [6.45, 7) is 1.87. The second-order valence-corrected chi connectivity index (χ2v) is 8.91. The number of carbonyl (C=O) groups excluding carboxylic acids is 1. The van der Waals surface area contributed by atoms with Crippen molar-refractivity contribution in [1.29, 1.82) is 0 Å². The number of aromatic nitrogens is 3. The standard InChI is InChI=1S/C24H20Cl2N4O2S/c1-15-12-20(21(32-2)13-19(15)26)27-22(31)14-33-24-29-28-23(16-8-10-17(25)11-9-16)30(24)18-6-4-3-5-7-18/h3-13H,14H2,1-2H3,(H,27,31). The Balaban J connectivity index is 1.58. The number of ether oxygens (including phenoxy) is 1. The van der Waals surface area contributed by atoms with Crippen molar-refractivity contribution >= 4 is 46.6 Å². The number of hydrogen-bond donors (Lipinski definition) is 1. The van der Waals surface area contributed by atoms with Gasteiger partial charge >= 0.3 is 0 Å². The van der Waals surface area contributed by atoms with Gasteiger partial charge in [0, 0.05) is 27.4 Å². The third-order valence-corrected chi connectivity index (χ3v) is 6.43. The molecule has 0 saturated carbocycles. The molecule has 4 aromatic rings. The number of nitrogens with one attached hydrogen (secondary N) is 1. The fourth-order valence-electron chi connectivity index (χ4n) is 3.21. The molecule has 0 aliphatic carbocycles. The normalized spacial score (nSPS) is 10.8. The van der Waals surface area contributed by atoms with Crippen LogP contribution < -0.4 is 10.1 Å². The molecule has 0 saturated heterocycles. The molecule has 4 rings (SSSR count). The number of para-hydroxylation sites is 1. The van der Waals surface area contributed by atoms with E-state index >= 15 is 0 Å². The highest BCUT2D eigenvalue weighted by atomic mass is 35.5. The van der Waals surface area contributed by atoms with Crippen molar-refractivity contribution in [3.8, 4) is 22.8 Å². The molecule has 0 bridgehead atoms. The molecule has 6 nitrogen and oxygen atoms in total. The molecular formula is C24H20Cl2N4O2S. The molecular weight excluding hydrogens is 479 g/mol. The van der Waals surface area contributed by atoms with Crippen LogP contribution in [-0.2, 0) is 4.79 Å². The molecule has 1 amide bonds. The minimum Gasteiger partial charge on any atom is -0.495 e. The summed E-state index contributed by atoms with van der Waals surface area (Å²) in [6.07, 6.45) is 0. The number of nitrogens with zero attached hydrogens (tertiary/aromatic N) is 3. The first kappa shape index (κ1) is 23.2. The fraction of sp³-hybridized carbons (Fsp3) is 0.125. The quantitative estimate of drug-likeness (QED) is 0.303. The van der Waals surface area contributed by atoms with Crippen molar-refractivity contribution in [1.82, 2.24) is 14.8 Å². The number of halogens is 2. The Morgan fingerprint density at radius 1 is 1.06 bits per heavy atom. The Morgan fingerprint density at radius 2 is 1.79 bits per heavy atom. The van der Waals surface area contributed by atoms with E-state index in [1.165, 1.54) is 18.9 Å². The molecule has 0 atom stereocenters. The topological polar surface area (TPSA) is 69.0 Å². The molecule has 0 radical (unpaired) electrons. The molecule has 1 aromatic heterocycles. The molecule has 1 heterocycles. The van der Waals surface area contributed by atoms with E-state index in [-0.39, 0.29) is 11.7 Å². The van der Waals surface area contributed by atoms with Crippen LogP contribution in [0.25, 0.3) is 17.1 Å². The number of carbonyl (C=O) groups is 1.